The van der Waals surface area contributed by atoms with Gasteiger partial charge >= 0.3 is 6.16 Å². The summed E-state index contributed by atoms with van der Waals surface area (Å²) in [6, 6.07) is 19.3. The maximum absolute atomic E-state index is 11.9. The summed E-state index contributed by atoms with van der Waals surface area (Å²) in [6.45, 7) is 6.32. The van der Waals surface area contributed by atoms with E-state index in [1.165, 1.54) is 5.06 Å². The first-order chi connectivity index (χ1) is 16.3. The molecule has 0 radical (unpaired) electrons. The molecule has 0 bridgehead atoms. The Morgan fingerprint density at radius 1 is 1.15 bits per heavy atom. The molecule has 2 atom stereocenters. The molecule has 1 aliphatic rings. The van der Waals surface area contributed by atoms with Gasteiger partial charge in [0.15, 0.2) is 5.76 Å². The predicted molar refractivity (Wildman–Crippen MR) is 125 cm³/mol. The number of ether oxygens (including phenoxy) is 2. The smallest absolute Gasteiger partial charge is 0.486 e. The van der Waals surface area contributed by atoms with Gasteiger partial charge in [0.25, 0.3) is 0 Å². The number of carbonyl (C=O) groups excluding carboxylic acids is 1. The van der Waals surface area contributed by atoms with Gasteiger partial charge in [-0.1, -0.05) is 47.6 Å². The first-order valence-corrected chi connectivity index (χ1v) is 11.3. The maximum atomic E-state index is 11.9. The summed E-state index contributed by atoms with van der Waals surface area (Å²) in [5, 5.41) is 16.2. The number of hydrogen-bond acceptors (Lipinski definition) is 8. The van der Waals surface area contributed by atoms with Crippen molar-refractivity contribution in [1.29, 1.82) is 0 Å². The second-order valence-electron chi connectivity index (χ2n) is 9.31. The van der Waals surface area contributed by atoms with Gasteiger partial charge in [0, 0.05) is 24.1 Å². The fraction of sp³-hybridized carbons (Fsp3) is 0.385. The molecule has 34 heavy (non-hydrogen) atoms. The first-order valence-electron chi connectivity index (χ1n) is 11.3. The second-order valence-corrected chi connectivity index (χ2v) is 9.31. The average Bonchev–Trinajstić information content (AvgIpc) is 3.27. The Bertz CT molecular complexity index is 1070. The highest BCUT2D eigenvalue weighted by atomic mass is 16.8. The zero-order valence-electron chi connectivity index (χ0n) is 19.6. The van der Waals surface area contributed by atoms with Gasteiger partial charge in [-0.15, -0.1) is 5.06 Å². The summed E-state index contributed by atoms with van der Waals surface area (Å²) in [7, 11) is 0. The molecule has 2 unspecified atom stereocenters. The SMILES string of the molecule is CC(C)(C)OC(=O)ON1CCC(c2ccc(OCc3cc(-c4ccccc4)no3)cc2)C(O)C1. The van der Waals surface area contributed by atoms with Gasteiger partial charge in [0.1, 0.15) is 23.7 Å². The lowest BCUT2D eigenvalue weighted by Crippen LogP contribution is -2.44. The summed E-state index contributed by atoms with van der Waals surface area (Å²) in [5.41, 5.74) is 2.13. The van der Waals surface area contributed by atoms with Gasteiger partial charge in [-0.2, -0.15) is 0 Å². The van der Waals surface area contributed by atoms with Gasteiger partial charge < -0.3 is 23.9 Å². The van der Waals surface area contributed by atoms with E-state index in [0.29, 0.717) is 24.5 Å². The third kappa shape index (κ3) is 6.36. The fourth-order valence-corrected chi connectivity index (χ4v) is 3.84. The van der Waals surface area contributed by atoms with E-state index in [2.05, 4.69) is 5.16 Å². The summed E-state index contributed by atoms with van der Waals surface area (Å²) in [6.07, 6.45) is -0.791. The van der Waals surface area contributed by atoms with Crippen molar-refractivity contribution < 1.29 is 28.7 Å². The van der Waals surface area contributed by atoms with Crippen molar-refractivity contribution in [2.24, 2.45) is 0 Å². The highest BCUT2D eigenvalue weighted by molar-refractivity contribution is 5.60. The highest BCUT2D eigenvalue weighted by Gasteiger charge is 2.32. The van der Waals surface area contributed by atoms with Gasteiger partial charge in [-0.05, 0) is 44.9 Å². The molecule has 1 aromatic heterocycles. The lowest BCUT2D eigenvalue weighted by Gasteiger charge is -2.34. The minimum absolute atomic E-state index is 0.0600. The number of β-amino-alcohol motifs (C(OH)–C–C–N with tert-alkyl or cyclic N) is 1. The van der Waals surface area contributed by atoms with Crippen molar-refractivity contribution in [3.8, 4) is 17.0 Å². The van der Waals surface area contributed by atoms with Crippen molar-refractivity contribution in [2.45, 2.75) is 51.4 Å². The molecular formula is C26H30N2O6. The lowest BCUT2D eigenvalue weighted by atomic mass is 9.88. The number of rotatable bonds is 6. The van der Waals surface area contributed by atoms with Crippen LogP contribution in [0.4, 0.5) is 4.79 Å². The van der Waals surface area contributed by atoms with Crippen LogP contribution in [-0.4, -0.2) is 46.3 Å². The zero-order chi connectivity index (χ0) is 24.1. The number of aliphatic hydroxyl groups excluding tert-OH is 1. The average molecular weight is 467 g/mol. The number of carbonyl (C=O) groups is 1. The molecule has 8 nitrogen and oxygen atoms in total. The molecule has 2 heterocycles. The molecule has 0 spiro atoms. The van der Waals surface area contributed by atoms with E-state index in [1.807, 2.05) is 60.7 Å². The number of aliphatic hydroxyl groups is 1. The molecular weight excluding hydrogens is 436 g/mol. The van der Waals surface area contributed by atoms with E-state index in [1.54, 1.807) is 20.8 Å². The Morgan fingerprint density at radius 3 is 2.56 bits per heavy atom. The molecule has 0 aliphatic carbocycles. The number of piperidine rings is 1. The Balaban J connectivity index is 1.28. The van der Waals surface area contributed by atoms with Gasteiger partial charge in [0.05, 0.1) is 12.6 Å². The number of nitrogens with zero attached hydrogens (tertiary/aromatic N) is 2. The molecule has 8 heteroatoms. The number of hydroxylamine groups is 2. The summed E-state index contributed by atoms with van der Waals surface area (Å²) >= 11 is 0. The van der Waals surface area contributed by atoms with Crippen LogP contribution < -0.4 is 4.74 Å². The van der Waals surface area contributed by atoms with E-state index in [9.17, 15) is 9.90 Å². The van der Waals surface area contributed by atoms with E-state index in [-0.39, 0.29) is 19.1 Å². The van der Waals surface area contributed by atoms with E-state index >= 15 is 0 Å². The fourth-order valence-electron chi connectivity index (χ4n) is 3.84. The van der Waals surface area contributed by atoms with Gasteiger partial charge in [0.2, 0.25) is 0 Å². The third-order valence-corrected chi connectivity index (χ3v) is 5.46. The molecule has 180 valence electrons. The van der Waals surface area contributed by atoms with Crippen LogP contribution >= 0.6 is 0 Å². The zero-order valence-corrected chi connectivity index (χ0v) is 19.6. The Kier molecular flexibility index (Phi) is 7.19. The van der Waals surface area contributed by atoms with Crippen LogP contribution in [0.15, 0.2) is 65.2 Å². The van der Waals surface area contributed by atoms with Crippen LogP contribution in [0.25, 0.3) is 11.3 Å². The van der Waals surface area contributed by atoms with Crippen LogP contribution in [0.2, 0.25) is 0 Å². The van der Waals surface area contributed by atoms with Gasteiger partial charge in [-0.25, -0.2) is 4.79 Å². The molecule has 1 fully saturated rings. The maximum Gasteiger partial charge on any atom is 0.528 e. The van der Waals surface area contributed by atoms with E-state index < -0.39 is 17.9 Å². The van der Waals surface area contributed by atoms with Crippen LogP contribution in [0, 0.1) is 0 Å². The normalized spacial score (nSPS) is 18.9. The van der Waals surface area contributed by atoms with Crippen molar-refractivity contribution in [2.75, 3.05) is 13.1 Å². The lowest BCUT2D eigenvalue weighted by molar-refractivity contribution is -0.170. The van der Waals surface area contributed by atoms with E-state index in [4.69, 9.17) is 18.8 Å². The van der Waals surface area contributed by atoms with Crippen molar-refractivity contribution in [3.63, 3.8) is 0 Å². The van der Waals surface area contributed by atoms with Crippen LogP contribution in [0.3, 0.4) is 0 Å². The number of hydrogen-bond donors (Lipinski definition) is 1. The number of benzene rings is 2. The summed E-state index contributed by atoms with van der Waals surface area (Å²) < 4.78 is 16.4. The largest absolute Gasteiger partial charge is 0.528 e. The second kappa shape index (κ2) is 10.3. The van der Waals surface area contributed by atoms with E-state index in [0.717, 1.165) is 16.8 Å². The predicted octanol–water partition coefficient (Wildman–Crippen LogP) is 4.94. The standard InChI is InChI=1S/C26H30N2O6/c1-26(2,3)32-25(30)34-28-14-13-22(24(29)16-28)18-9-11-20(12-10-18)31-17-21-15-23(27-33-21)19-7-5-4-6-8-19/h4-12,15,22,24,29H,13-14,16-17H2,1-3H3. The monoisotopic (exact) mass is 466 g/mol. The molecule has 1 saturated heterocycles. The third-order valence-electron chi connectivity index (χ3n) is 5.46. The Labute approximate surface area is 199 Å². The van der Waals surface area contributed by atoms with Crippen molar-refractivity contribution in [1.82, 2.24) is 10.2 Å². The quantitative estimate of drug-likeness (QED) is 0.511. The molecule has 3 aromatic rings. The van der Waals surface area contributed by atoms with Crippen LogP contribution in [0.1, 0.15) is 44.4 Å². The molecule has 0 saturated carbocycles. The van der Waals surface area contributed by atoms with Crippen molar-refractivity contribution in [3.05, 3.63) is 72.0 Å². The molecule has 1 N–H and O–H groups in total. The summed E-state index contributed by atoms with van der Waals surface area (Å²) in [4.78, 5) is 17.1. The first kappa shape index (κ1) is 23.8. The molecule has 0 amide bonds. The molecule has 4 rings (SSSR count). The van der Waals surface area contributed by atoms with Gasteiger partial charge in [-0.3, -0.25) is 0 Å². The molecule has 2 aromatic carbocycles. The van der Waals surface area contributed by atoms with Crippen molar-refractivity contribution >= 4 is 6.16 Å². The summed E-state index contributed by atoms with van der Waals surface area (Å²) in [5.74, 6) is 1.27. The Hall–Kier alpha value is -3.36. The molecule has 1 aliphatic heterocycles. The highest BCUT2D eigenvalue weighted by Crippen LogP contribution is 2.30. The minimum atomic E-state index is -0.762. The Morgan fingerprint density at radius 2 is 1.88 bits per heavy atom. The topological polar surface area (TPSA) is 94.3 Å². The number of aromatic nitrogens is 1. The van der Waals surface area contributed by atoms with Crippen LogP contribution in [0.5, 0.6) is 5.75 Å². The minimum Gasteiger partial charge on any atom is -0.486 e. The van der Waals surface area contributed by atoms with Crippen LogP contribution in [-0.2, 0) is 16.2 Å².